The van der Waals surface area contributed by atoms with Gasteiger partial charge < -0.3 is 15.0 Å². The third-order valence-electron chi connectivity index (χ3n) is 2.46. The summed E-state index contributed by atoms with van der Waals surface area (Å²) in [6.45, 7) is 0. The van der Waals surface area contributed by atoms with Crippen LogP contribution in [0.2, 0.25) is 0 Å². The molecule has 5 heteroatoms. The number of imidazole rings is 1. The lowest BCUT2D eigenvalue weighted by atomic mass is 10.1. The number of hydrogen-bond acceptors (Lipinski definition) is 3. The van der Waals surface area contributed by atoms with Gasteiger partial charge in [0.25, 0.3) is 0 Å². The Bertz CT molecular complexity index is 522. The van der Waals surface area contributed by atoms with Crippen LogP contribution in [0.15, 0.2) is 28.9 Å². The van der Waals surface area contributed by atoms with E-state index < -0.39 is 0 Å². The third kappa shape index (κ3) is 1.78. The maximum atomic E-state index is 5.71. The van der Waals surface area contributed by atoms with Crippen molar-refractivity contribution in [3.05, 3.63) is 28.9 Å². The maximum absolute atomic E-state index is 5.71. The number of aromatic nitrogens is 2. The number of anilines is 1. The molecule has 2 aromatic rings. The highest BCUT2D eigenvalue weighted by Crippen LogP contribution is 2.32. The topological polar surface area (TPSA) is 53.1 Å². The van der Waals surface area contributed by atoms with Crippen molar-refractivity contribution < 1.29 is 4.74 Å². The molecule has 0 bridgehead atoms. The van der Waals surface area contributed by atoms with Crippen molar-refractivity contribution in [1.82, 2.24) is 9.55 Å². The molecule has 0 radical (unpaired) electrons. The fourth-order valence-corrected chi connectivity index (χ4v) is 1.92. The number of nitrogen functional groups attached to an aromatic ring is 1. The van der Waals surface area contributed by atoms with Gasteiger partial charge in [-0.2, -0.15) is 0 Å². The number of nitrogens with two attached hydrogens (primary N) is 1. The summed E-state index contributed by atoms with van der Waals surface area (Å²) in [5.74, 6) is 1.28. The molecule has 0 aliphatic heterocycles. The largest absolute Gasteiger partial charge is 0.496 e. The summed E-state index contributed by atoms with van der Waals surface area (Å²) in [7, 11) is 3.52. The van der Waals surface area contributed by atoms with E-state index in [0.717, 1.165) is 21.5 Å². The molecule has 0 unspecified atom stereocenters. The van der Waals surface area contributed by atoms with Crippen LogP contribution in [0.25, 0.3) is 11.3 Å². The average molecular weight is 282 g/mol. The molecular formula is C11H12BrN3O. The van der Waals surface area contributed by atoms with Crippen molar-refractivity contribution in [2.24, 2.45) is 7.05 Å². The van der Waals surface area contributed by atoms with Gasteiger partial charge in [-0.3, -0.25) is 0 Å². The zero-order valence-electron chi connectivity index (χ0n) is 9.07. The van der Waals surface area contributed by atoms with Gasteiger partial charge >= 0.3 is 0 Å². The minimum Gasteiger partial charge on any atom is -0.496 e. The Morgan fingerprint density at radius 2 is 2.19 bits per heavy atom. The number of ether oxygens (including phenoxy) is 1. The van der Waals surface area contributed by atoms with E-state index in [1.54, 1.807) is 13.3 Å². The van der Waals surface area contributed by atoms with Gasteiger partial charge in [-0.05, 0) is 18.2 Å². The normalized spacial score (nSPS) is 10.4. The lowest BCUT2D eigenvalue weighted by molar-refractivity contribution is 0.416. The standard InChI is InChI=1S/C11H12BrN3O/c1-15-9(6-14-11(15)13)8-5-7(12)3-4-10(8)16-2/h3-6H,1-2H3,(H2,13,14). The van der Waals surface area contributed by atoms with Crippen molar-refractivity contribution in [3.63, 3.8) is 0 Å². The van der Waals surface area contributed by atoms with Crippen molar-refractivity contribution in [2.75, 3.05) is 12.8 Å². The van der Waals surface area contributed by atoms with E-state index in [1.807, 2.05) is 29.8 Å². The summed E-state index contributed by atoms with van der Waals surface area (Å²) in [4.78, 5) is 4.07. The van der Waals surface area contributed by atoms with Crippen LogP contribution in [-0.2, 0) is 7.05 Å². The van der Waals surface area contributed by atoms with Crippen LogP contribution in [0.4, 0.5) is 5.95 Å². The maximum Gasteiger partial charge on any atom is 0.200 e. The second-order valence-corrected chi connectivity index (χ2v) is 4.32. The van der Waals surface area contributed by atoms with Crippen LogP contribution in [-0.4, -0.2) is 16.7 Å². The summed E-state index contributed by atoms with van der Waals surface area (Å²) in [6, 6.07) is 5.82. The van der Waals surface area contributed by atoms with Gasteiger partial charge in [0.05, 0.1) is 19.0 Å². The smallest absolute Gasteiger partial charge is 0.200 e. The van der Waals surface area contributed by atoms with E-state index >= 15 is 0 Å². The molecule has 2 rings (SSSR count). The number of rotatable bonds is 2. The predicted molar refractivity (Wildman–Crippen MR) is 67.3 cm³/mol. The molecular weight excluding hydrogens is 270 g/mol. The molecule has 0 atom stereocenters. The molecule has 0 amide bonds. The molecule has 4 nitrogen and oxygen atoms in total. The summed E-state index contributed by atoms with van der Waals surface area (Å²) in [6.07, 6.45) is 1.74. The Kier molecular flexibility index (Phi) is 2.87. The second-order valence-electron chi connectivity index (χ2n) is 3.41. The highest BCUT2D eigenvalue weighted by molar-refractivity contribution is 9.10. The highest BCUT2D eigenvalue weighted by Gasteiger charge is 2.11. The summed E-state index contributed by atoms with van der Waals surface area (Å²) in [5.41, 5.74) is 7.60. The monoisotopic (exact) mass is 281 g/mol. The molecule has 1 heterocycles. The van der Waals surface area contributed by atoms with Crippen LogP contribution in [0.1, 0.15) is 0 Å². The molecule has 1 aromatic carbocycles. The molecule has 0 aliphatic rings. The summed E-state index contributed by atoms with van der Waals surface area (Å²) < 4.78 is 8.13. The first kappa shape index (κ1) is 11.0. The first-order chi connectivity index (χ1) is 7.63. The predicted octanol–water partition coefficient (Wildman–Crippen LogP) is 2.44. The van der Waals surface area contributed by atoms with Gasteiger partial charge in [-0.25, -0.2) is 4.98 Å². The van der Waals surface area contributed by atoms with Crippen LogP contribution in [0.3, 0.4) is 0 Å². The zero-order chi connectivity index (χ0) is 11.7. The van der Waals surface area contributed by atoms with E-state index in [0.29, 0.717) is 5.95 Å². The Balaban J connectivity index is 2.62. The van der Waals surface area contributed by atoms with Crippen LogP contribution in [0.5, 0.6) is 5.75 Å². The lowest BCUT2D eigenvalue weighted by Crippen LogP contribution is -1.99. The minimum atomic E-state index is 0.483. The molecule has 1 aromatic heterocycles. The molecule has 16 heavy (non-hydrogen) atoms. The quantitative estimate of drug-likeness (QED) is 0.920. The number of nitrogens with zero attached hydrogens (tertiary/aromatic N) is 2. The number of halogens is 1. The van der Waals surface area contributed by atoms with Gasteiger partial charge in [0, 0.05) is 17.1 Å². The van der Waals surface area contributed by atoms with E-state index in [1.165, 1.54) is 0 Å². The highest BCUT2D eigenvalue weighted by atomic mass is 79.9. The van der Waals surface area contributed by atoms with Crippen molar-refractivity contribution in [2.45, 2.75) is 0 Å². The molecule has 2 N–H and O–H groups in total. The van der Waals surface area contributed by atoms with Crippen LogP contribution < -0.4 is 10.5 Å². The van der Waals surface area contributed by atoms with Gasteiger partial charge in [0.15, 0.2) is 5.95 Å². The number of methoxy groups -OCH3 is 1. The Hall–Kier alpha value is -1.49. The molecule has 84 valence electrons. The van der Waals surface area contributed by atoms with Gasteiger partial charge in [0.2, 0.25) is 0 Å². The number of benzene rings is 1. The van der Waals surface area contributed by atoms with Crippen molar-refractivity contribution in [3.8, 4) is 17.0 Å². The first-order valence-electron chi connectivity index (χ1n) is 4.74. The SMILES string of the molecule is COc1ccc(Br)cc1-c1cnc(N)n1C. The van der Waals surface area contributed by atoms with E-state index in [9.17, 15) is 0 Å². The average Bonchev–Trinajstić information content (AvgIpc) is 2.60. The van der Waals surface area contributed by atoms with Gasteiger partial charge in [-0.1, -0.05) is 15.9 Å². The Labute approximate surface area is 102 Å². The molecule has 0 spiro atoms. The minimum absolute atomic E-state index is 0.483. The van der Waals surface area contributed by atoms with Gasteiger partial charge in [0.1, 0.15) is 5.75 Å². The molecule has 0 saturated heterocycles. The fourth-order valence-electron chi connectivity index (χ4n) is 1.55. The van der Waals surface area contributed by atoms with E-state index in [4.69, 9.17) is 10.5 Å². The van der Waals surface area contributed by atoms with E-state index in [2.05, 4.69) is 20.9 Å². The van der Waals surface area contributed by atoms with Crippen LogP contribution in [0, 0.1) is 0 Å². The molecule has 0 aliphatic carbocycles. The Morgan fingerprint density at radius 1 is 1.44 bits per heavy atom. The number of hydrogen-bond donors (Lipinski definition) is 1. The first-order valence-corrected chi connectivity index (χ1v) is 5.54. The second kappa shape index (κ2) is 4.17. The van der Waals surface area contributed by atoms with Crippen molar-refractivity contribution in [1.29, 1.82) is 0 Å². The summed E-state index contributed by atoms with van der Waals surface area (Å²) in [5, 5.41) is 0. The molecule has 0 saturated carbocycles. The lowest BCUT2D eigenvalue weighted by Gasteiger charge is -2.09. The molecule has 0 fully saturated rings. The third-order valence-corrected chi connectivity index (χ3v) is 2.95. The van der Waals surface area contributed by atoms with Crippen molar-refractivity contribution >= 4 is 21.9 Å². The Morgan fingerprint density at radius 3 is 2.75 bits per heavy atom. The summed E-state index contributed by atoms with van der Waals surface area (Å²) >= 11 is 3.44. The van der Waals surface area contributed by atoms with Gasteiger partial charge in [-0.15, -0.1) is 0 Å². The van der Waals surface area contributed by atoms with E-state index in [-0.39, 0.29) is 0 Å². The fraction of sp³-hybridized carbons (Fsp3) is 0.182. The van der Waals surface area contributed by atoms with Crippen LogP contribution >= 0.6 is 15.9 Å². The zero-order valence-corrected chi connectivity index (χ0v) is 10.7.